The highest BCUT2D eigenvalue weighted by molar-refractivity contribution is 5.77. The fraction of sp³-hybridized carbons (Fsp3) is 0.867. The summed E-state index contributed by atoms with van der Waals surface area (Å²) in [6.07, 6.45) is 4.28. The Hall–Kier alpha value is -1.26. The van der Waals surface area contributed by atoms with Crippen LogP contribution in [0.2, 0.25) is 0 Å². The fourth-order valence-corrected chi connectivity index (χ4v) is 2.90. The van der Waals surface area contributed by atoms with Crippen LogP contribution in [0.15, 0.2) is 0 Å². The first-order valence-corrected chi connectivity index (χ1v) is 7.59. The van der Waals surface area contributed by atoms with Gasteiger partial charge in [-0.3, -0.25) is 4.79 Å². The maximum absolute atomic E-state index is 12.2. The second-order valence-electron chi connectivity index (χ2n) is 6.37. The van der Waals surface area contributed by atoms with Crippen LogP contribution in [-0.4, -0.2) is 41.1 Å². The van der Waals surface area contributed by atoms with Gasteiger partial charge in [0.25, 0.3) is 0 Å². The lowest BCUT2D eigenvalue weighted by Crippen LogP contribution is -2.51. The molecule has 1 fully saturated rings. The third-order valence-corrected chi connectivity index (χ3v) is 4.19. The first-order chi connectivity index (χ1) is 9.32. The number of nitrogens with one attached hydrogen (secondary N) is 1. The molecular weight excluding hydrogens is 256 g/mol. The molecule has 1 rings (SSSR count). The number of rotatable bonds is 5. The molecule has 0 bridgehead atoms. The van der Waals surface area contributed by atoms with Crippen molar-refractivity contribution in [3.63, 3.8) is 0 Å². The van der Waals surface area contributed by atoms with E-state index in [0.29, 0.717) is 12.3 Å². The standard InChI is InChI=1S/C15H28N2O3/c1-10(2)9-11(3)17(4)15(20)16-13-8-6-5-7-12(13)14(18)19/h10-13H,5-9H2,1-4H3,(H,16,20)(H,18,19). The van der Waals surface area contributed by atoms with E-state index in [1.807, 2.05) is 6.92 Å². The predicted octanol–water partition coefficient (Wildman–Crippen LogP) is 2.71. The van der Waals surface area contributed by atoms with Crippen molar-refractivity contribution in [1.82, 2.24) is 10.2 Å². The van der Waals surface area contributed by atoms with Crippen molar-refractivity contribution in [3.05, 3.63) is 0 Å². The Morgan fingerprint density at radius 1 is 1.25 bits per heavy atom. The van der Waals surface area contributed by atoms with Crippen molar-refractivity contribution >= 4 is 12.0 Å². The first kappa shape index (κ1) is 16.8. The largest absolute Gasteiger partial charge is 0.481 e. The zero-order valence-corrected chi connectivity index (χ0v) is 13.1. The first-order valence-electron chi connectivity index (χ1n) is 7.59. The van der Waals surface area contributed by atoms with Gasteiger partial charge in [-0.1, -0.05) is 26.7 Å². The van der Waals surface area contributed by atoms with Crippen molar-refractivity contribution in [2.24, 2.45) is 11.8 Å². The van der Waals surface area contributed by atoms with Crippen molar-refractivity contribution < 1.29 is 14.7 Å². The third-order valence-electron chi connectivity index (χ3n) is 4.19. The van der Waals surface area contributed by atoms with Crippen molar-refractivity contribution in [1.29, 1.82) is 0 Å². The van der Waals surface area contributed by atoms with E-state index in [2.05, 4.69) is 19.2 Å². The lowest BCUT2D eigenvalue weighted by molar-refractivity contribution is -0.143. The summed E-state index contributed by atoms with van der Waals surface area (Å²) in [5.74, 6) is -0.712. The normalized spacial score (nSPS) is 24.2. The van der Waals surface area contributed by atoms with Crippen LogP contribution in [0.5, 0.6) is 0 Å². The van der Waals surface area contributed by atoms with E-state index in [0.717, 1.165) is 25.7 Å². The molecule has 0 heterocycles. The summed E-state index contributed by atoms with van der Waals surface area (Å²) in [4.78, 5) is 25.1. The minimum atomic E-state index is -0.798. The average molecular weight is 284 g/mol. The minimum Gasteiger partial charge on any atom is -0.481 e. The molecule has 5 nitrogen and oxygen atoms in total. The number of carboxylic acids is 1. The molecule has 2 amide bonds. The van der Waals surface area contributed by atoms with E-state index < -0.39 is 11.9 Å². The van der Waals surface area contributed by atoms with Gasteiger partial charge in [-0.05, 0) is 32.1 Å². The van der Waals surface area contributed by atoms with Crippen LogP contribution in [-0.2, 0) is 4.79 Å². The summed E-state index contributed by atoms with van der Waals surface area (Å²) >= 11 is 0. The van der Waals surface area contributed by atoms with E-state index in [4.69, 9.17) is 0 Å². The quantitative estimate of drug-likeness (QED) is 0.815. The van der Waals surface area contributed by atoms with E-state index in [9.17, 15) is 14.7 Å². The van der Waals surface area contributed by atoms with Gasteiger partial charge in [0.1, 0.15) is 0 Å². The molecule has 0 aromatic carbocycles. The molecule has 3 atom stereocenters. The molecule has 20 heavy (non-hydrogen) atoms. The Morgan fingerprint density at radius 2 is 1.85 bits per heavy atom. The zero-order valence-electron chi connectivity index (χ0n) is 13.1. The number of aliphatic carboxylic acids is 1. The molecule has 0 saturated heterocycles. The van der Waals surface area contributed by atoms with Crippen LogP contribution >= 0.6 is 0 Å². The van der Waals surface area contributed by atoms with Gasteiger partial charge in [0.05, 0.1) is 5.92 Å². The average Bonchev–Trinajstić information content (AvgIpc) is 2.37. The molecule has 1 aliphatic rings. The van der Waals surface area contributed by atoms with E-state index in [1.165, 1.54) is 0 Å². The number of carboxylic acid groups (broad SMARTS) is 1. The summed E-state index contributed by atoms with van der Waals surface area (Å²) in [7, 11) is 1.78. The Bertz CT molecular complexity index is 344. The van der Waals surface area contributed by atoms with Gasteiger partial charge in [0, 0.05) is 19.1 Å². The van der Waals surface area contributed by atoms with E-state index in [1.54, 1.807) is 11.9 Å². The highest BCUT2D eigenvalue weighted by Gasteiger charge is 2.32. The van der Waals surface area contributed by atoms with Crippen LogP contribution in [0.1, 0.15) is 52.9 Å². The molecule has 0 aliphatic heterocycles. The van der Waals surface area contributed by atoms with Crippen LogP contribution in [0, 0.1) is 11.8 Å². The number of hydrogen-bond acceptors (Lipinski definition) is 2. The third kappa shape index (κ3) is 4.69. The second kappa shape index (κ2) is 7.50. The Labute approximate surface area is 121 Å². The van der Waals surface area contributed by atoms with Crippen molar-refractivity contribution in [2.75, 3.05) is 7.05 Å². The smallest absolute Gasteiger partial charge is 0.317 e. The van der Waals surface area contributed by atoms with Gasteiger partial charge in [0.2, 0.25) is 0 Å². The van der Waals surface area contributed by atoms with Crippen LogP contribution < -0.4 is 5.32 Å². The number of hydrogen-bond donors (Lipinski definition) is 2. The highest BCUT2D eigenvalue weighted by atomic mass is 16.4. The summed E-state index contributed by atoms with van der Waals surface area (Å²) in [6, 6.07) is -0.236. The van der Waals surface area contributed by atoms with Gasteiger partial charge >= 0.3 is 12.0 Å². The molecule has 0 aromatic rings. The van der Waals surface area contributed by atoms with Crippen molar-refractivity contribution in [2.45, 2.75) is 65.0 Å². The van der Waals surface area contributed by atoms with Crippen LogP contribution in [0.3, 0.4) is 0 Å². The van der Waals surface area contributed by atoms with Gasteiger partial charge < -0.3 is 15.3 Å². The molecule has 1 aliphatic carbocycles. The topological polar surface area (TPSA) is 69.6 Å². The molecule has 0 spiro atoms. The zero-order chi connectivity index (χ0) is 15.3. The molecule has 2 N–H and O–H groups in total. The lowest BCUT2D eigenvalue weighted by atomic mass is 9.84. The highest BCUT2D eigenvalue weighted by Crippen LogP contribution is 2.25. The maximum Gasteiger partial charge on any atom is 0.317 e. The molecule has 5 heteroatoms. The lowest BCUT2D eigenvalue weighted by Gasteiger charge is -2.33. The Kier molecular flexibility index (Phi) is 6.30. The summed E-state index contributed by atoms with van der Waals surface area (Å²) < 4.78 is 0. The van der Waals surface area contributed by atoms with Crippen molar-refractivity contribution in [3.8, 4) is 0 Å². The number of nitrogens with zero attached hydrogens (tertiary/aromatic N) is 1. The maximum atomic E-state index is 12.2. The number of amides is 2. The van der Waals surface area contributed by atoms with Crippen LogP contribution in [0.4, 0.5) is 4.79 Å². The van der Waals surface area contributed by atoms with Gasteiger partial charge in [-0.2, -0.15) is 0 Å². The van der Waals surface area contributed by atoms with E-state index in [-0.39, 0.29) is 18.1 Å². The number of carbonyl (C=O) groups excluding carboxylic acids is 1. The molecule has 1 saturated carbocycles. The predicted molar refractivity (Wildman–Crippen MR) is 78.6 cm³/mol. The summed E-state index contributed by atoms with van der Waals surface area (Å²) in [5, 5.41) is 12.1. The van der Waals surface area contributed by atoms with Crippen LogP contribution in [0.25, 0.3) is 0 Å². The summed E-state index contributed by atoms with van der Waals surface area (Å²) in [5.41, 5.74) is 0. The number of urea groups is 1. The van der Waals surface area contributed by atoms with Gasteiger partial charge in [-0.25, -0.2) is 4.79 Å². The monoisotopic (exact) mass is 284 g/mol. The fourth-order valence-electron chi connectivity index (χ4n) is 2.90. The molecule has 116 valence electrons. The van der Waals surface area contributed by atoms with Gasteiger partial charge in [0.15, 0.2) is 0 Å². The number of carbonyl (C=O) groups is 2. The summed E-state index contributed by atoms with van der Waals surface area (Å²) in [6.45, 7) is 6.28. The van der Waals surface area contributed by atoms with Gasteiger partial charge in [-0.15, -0.1) is 0 Å². The second-order valence-corrected chi connectivity index (χ2v) is 6.37. The molecule has 0 radical (unpaired) electrons. The van der Waals surface area contributed by atoms with E-state index >= 15 is 0 Å². The Morgan fingerprint density at radius 3 is 2.40 bits per heavy atom. The Balaban J connectivity index is 2.57. The molecular formula is C15H28N2O3. The molecule has 3 unspecified atom stereocenters. The SMILES string of the molecule is CC(C)CC(C)N(C)C(=O)NC1CCCCC1C(=O)O. The molecule has 0 aromatic heterocycles. The minimum absolute atomic E-state index is 0.155.